The Labute approximate surface area is 193 Å². The molecule has 0 amide bonds. The van der Waals surface area contributed by atoms with E-state index in [1.54, 1.807) is 6.92 Å². The van der Waals surface area contributed by atoms with E-state index >= 15 is 0 Å². The van der Waals surface area contributed by atoms with E-state index in [2.05, 4.69) is 26.8 Å². The topological polar surface area (TPSA) is 98.0 Å². The summed E-state index contributed by atoms with van der Waals surface area (Å²) in [6.45, 7) is 8.69. The number of aliphatic carboxylic acids is 1. The summed E-state index contributed by atoms with van der Waals surface area (Å²) in [5.41, 5.74) is 1.60. The molecule has 0 aromatic carbocycles. The van der Waals surface area contributed by atoms with Crippen molar-refractivity contribution in [1.82, 2.24) is 0 Å². The molecule has 0 bridgehead atoms. The monoisotopic (exact) mass is 448 g/mol. The van der Waals surface area contributed by atoms with Gasteiger partial charge in [-0.3, -0.25) is 4.79 Å². The van der Waals surface area contributed by atoms with Crippen LogP contribution in [0.15, 0.2) is 11.6 Å². The molecule has 0 aliphatic heterocycles. The van der Waals surface area contributed by atoms with E-state index in [-0.39, 0.29) is 16.9 Å². The second-order valence-electron chi connectivity index (χ2n) is 12.3. The normalized spacial score (nSPS) is 46.3. The van der Waals surface area contributed by atoms with Crippen LogP contribution in [0.5, 0.6) is 0 Å². The average molecular weight is 449 g/mol. The number of rotatable bonds is 6. The van der Waals surface area contributed by atoms with Gasteiger partial charge in [-0.15, -0.1) is 0 Å². The smallest absolute Gasteiger partial charge is 0.308 e. The first-order chi connectivity index (χ1) is 15.0. The fraction of sp³-hybridized carbons (Fsp3) is 0.889. The number of carbonyl (C=O) groups is 1. The molecule has 3 fully saturated rings. The Balaban J connectivity index is 1.49. The highest BCUT2D eigenvalue weighted by molar-refractivity contribution is 5.70. The maximum atomic E-state index is 11.3. The molecule has 0 heterocycles. The molecule has 4 rings (SSSR count). The summed E-state index contributed by atoms with van der Waals surface area (Å²) in [7, 11) is 0. The van der Waals surface area contributed by atoms with Gasteiger partial charge >= 0.3 is 5.97 Å². The molecule has 0 aromatic rings. The third kappa shape index (κ3) is 3.86. The highest BCUT2D eigenvalue weighted by Gasteiger charge is 2.61. The van der Waals surface area contributed by atoms with Gasteiger partial charge in [0.15, 0.2) is 0 Å². The van der Waals surface area contributed by atoms with Crippen LogP contribution in [-0.4, -0.2) is 44.7 Å². The van der Waals surface area contributed by atoms with Crippen LogP contribution in [0, 0.1) is 46.3 Å². The van der Waals surface area contributed by atoms with Gasteiger partial charge in [0.2, 0.25) is 0 Å². The molecule has 0 aromatic heterocycles. The zero-order valence-corrected chi connectivity index (χ0v) is 20.3. The number of fused-ring (bicyclic) bond motifs is 5. The van der Waals surface area contributed by atoms with Gasteiger partial charge in [0, 0.05) is 0 Å². The van der Waals surface area contributed by atoms with Gasteiger partial charge in [-0.2, -0.15) is 0 Å². The SMILES string of the molecule is CC(C(=O)O)C(O)CC[C@@H](C)[C@H]1CC[C@H]2[C@@H]3C(O)C=C4CC(O)CC[C@]4(C)[C@H]3CC[C@]12C. The first-order valence-electron chi connectivity index (χ1n) is 13.0. The fourth-order valence-electron chi connectivity index (χ4n) is 8.65. The molecule has 32 heavy (non-hydrogen) atoms. The Kier molecular flexibility index (Phi) is 6.59. The minimum atomic E-state index is -0.932. The Hall–Kier alpha value is -0.910. The van der Waals surface area contributed by atoms with Crippen molar-refractivity contribution in [3.63, 3.8) is 0 Å². The standard InChI is InChI=1S/C27H44O5/c1-15(5-8-22(29)16(2)25(31)32)19-6-7-20-24-21(10-12-27(19,20)4)26(3)11-9-18(28)13-17(26)14-23(24)30/h14-16,18-24,28-30H,5-13H2,1-4H3,(H,31,32)/t15-,16?,18?,19-,20+,21+,22?,23?,24+,26+,27-/m1/s1. The van der Waals surface area contributed by atoms with E-state index in [0.717, 1.165) is 44.9 Å². The first-order valence-corrected chi connectivity index (χ1v) is 13.0. The van der Waals surface area contributed by atoms with Gasteiger partial charge in [0.05, 0.1) is 24.2 Å². The second-order valence-corrected chi connectivity index (χ2v) is 12.3. The Morgan fingerprint density at radius 1 is 1.06 bits per heavy atom. The van der Waals surface area contributed by atoms with E-state index in [4.69, 9.17) is 0 Å². The highest BCUT2D eigenvalue weighted by Crippen LogP contribution is 2.67. The molecule has 0 spiro atoms. The van der Waals surface area contributed by atoms with Crippen molar-refractivity contribution in [3.8, 4) is 0 Å². The van der Waals surface area contributed by atoms with Gasteiger partial charge in [0.1, 0.15) is 0 Å². The largest absolute Gasteiger partial charge is 0.481 e. The molecule has 11 atom stereocenters. The average Bonchev–Trinajstić information content (AvgIpc) is 3.09. The van der Waals surface area contributed by atoms with Crippen LogP contribution in [0.1, 0.15) is 85.5 Å². The highest BCUT2D eigenvalue weighted by atomic mass is 16.4. The lowest BCUT2D eigenvalue weighted by molar-refractivity contribution is -0.145. The zero-order valence-electron chi connectivity index (χ0n) is 20.3. The van der Waals surface area contributed by atoms with Crippen molar-refractivity contribution < 1.29 is 25.2 Å². The van der Waals surface area contributed by atoms with Gasteiger partial charge in [0.25, 0.3) is 0 Å². The maximum absolute atomic E-state index is 11.3. The minimum Gasteiger partial charge on any atom is -0.481 e. The quantitative estimate of drug-likeness (QED) is 0.452. The van der Waals surface area contributed by atoms with Crippen molar-refractivity contribution in [2.45, 2.75) is 104 Å². The van der Waals surface area contributed by atoms with Crippen LogP contribution in [0.3, 0.4) is 0 Å². The summed E-state index contributed by atoms with van der Waals surface area (Å²) in [6, 6.07) is 0. The molecule has 4 unspecified atom stereocenters. The van der Waals surface area contributed by atoms with Gasteiger partial charge in [-0.25, -0.2) is 0 Å². The van der Waals surface area contributed by atoms with E-state index in [0.29, 0.717) is 36.0 Å². The van der Waals surface area contributed by atoms with Crippen LogP contribution >= 0.6 is 0 Å². The third-order valence-electron chi connectivity index (χ3n) is 10.7. The van der Waals surface area contributed by atoms with Gasteiger partial charge in [-0.05, 0) is 105 Å². The lowest BCUT2D eigenvalue weighted by Crippen LogP contribution is -2.55. The Morgan fingerprint density at radius 3 is 2.47 bits per heavy atom. The fourth-order valence-corrected chi connectivity index (χ4v) is 8.65. The molecule has 4 N–H and O–H groups in total. The van der Waals surface area contributed by atoms with Gasteiger partial charge < -0.3 is 20.4 Å². The molecular weight excluding hydrogens is 404 g/mol. The van der Waals surface area contributed by atoms with Crippen molar-refractivity contribution in [1.29, 1.82) is 0 Å². The molecule has 0 saturated heterocycles. The third-order valence-corrected chi connectivity index (χ3v) is 10.7. The lowest BCUT2D eigenvalue weighted by atomic mass is 9.46. The number of aliphatic hydroxyl groups is 3. The van der Waals surface area contributed by atoms with Crippen molar-refractivity contribution in [2.24, 2.45) is 46.3 Å². The molecule has 4 aliphatic carbocycles. The zero-order chi connectivity index (χ0) is 23.4. The Bertz CT molecular complexity index is 748. The van der Waals surface area contributed by atoms with Gasteiger partial charge in [-0.1, -0.05) is 32.4 Å². The van der Waals surface area contributed by atoms with Crippen LogP contribution in [0.25, 0.3) is 0 Å². The van der Waals surface area contributed by atoms with E-state index < -0.39 is 24.1 Å². The predicted molar refractivity (Wildman–Crippen MR) is 124 cm³/mol. The number of hydrogen-bond donors (Lipinski definition) is 4. The number of aliphatic hydroxyl groups excluding tert-OH is 3. The molecule has 0 radical (unpaired) electrons. The summed E-state index contributed by atoms with van der Waals surface area (Å²) < 4.78 is 0. The van der Waals surface area contributed by atoms with Crippen molar-refractivity contribution in [3.05, 3.63) is 11.6 Å². The molecular formula is C27H44O5. The molecule has 182 valence electrons. The van der Waals surface area contributed by atoms with E-state index in [1.165, 1.54) is 12.0 Å². The number of hydrogen-bond acceptors (Lipinski definition) is 4. The van der Waals surface area contributed by atoms with Crippen LogP contribution in [0.2, 0.25) is 0 Å². The van der Waals surface area contributed by atoms with Crippen LogP contribution < -0.4 is 0 Å². The predicted octanol–water partition coefficient (Wildman–Crippen LogP) is 4.40. The number of carboxylic acid groups (broad SMARTS) is 1. The van der Waals surface area contributed by atoms with Crippen LogP contribution in [-0.2, 0) is 4.79 Å². The molecule has 5 nitrogen and oxygen atoms in total. The van der Waals surface area contributed by atoms with E-state index in [1.807, 2.05) is 0 Å². The molecule has 3 saturated carbocycles. The summed E-state index contributed by atoms with van der Waals surface area (Å²) in [6.07, 6.45) is 9.27. The summed E-state index contributed by atoms with van der Waals surface area (Å²) in [4.78, 5) is 11.2. The summed E-state index contributed by atoms with van der Waals surface area (Å²) in [5.74, 6) is 0.635. The Morgan fingerprint density at radius 2 is 1.78 bits per heavy atom. The van der Waals surface area contributed by atoms with Crippen molar-refractivity contribution >= 4 is 5.97 Å². The maximum Gasteiger partial charge on any atom is 0.308 e. The van der Waals surface area contributed by atoms with Crippen molar-refractivity contribution in [2.75, 3.05) is 0 Å². The first kappa shape index (κ1) is 24.2. The lowest BCUT2D eigenvalue weighted by Gasteiger charge is -2.59. The molecule has 5 heteroatoms. The summed E-state index contributed by atoms with van der Waals surface area (Å²) >= 11 is 0. The summed E-state index contributed by atoms with van der Waals surface area (Å²) in [5, 5.41) is 40.9. The number of carboxylic acids is 1. The minimum absolute atomic E-state index is 0.116. The van der Waals surface area contributed by atoms with Crippen LogP contribution in [0.4, 0.5) is 0 Å². The second kappa shape index (κ2) is 8.70. The molecule has 4 aliphatic rings. The van der Waals surface area contributed by atoms with E-state index in [9.17, 15) is 25.2 Å².